The zero-order valence-electron chi connectivity index (χ0n) is 18.3. The first kappa shape index (κ1) is 20.2. The second kappa shape index (κ2) is 8.08. The van der Waals surface area contributed by atoms with E-state index in [2.05, 4.69) is 28.0 Å². The maximum Gasteiger partial charge on any atom is 0.142 e. The smallest absolute Gasteiger partial charge is 0.142 e. The van der Waals surface area contributed by atoms with Gasteiger partial charge >= 0.3 is 0 Å². The van der Waals surface area contributed by atoms with Crippen molar-refractivity contribution < 1.29 is 4.74 Å². The Bertz CT molecular complexity index is 1110. The van der Waals surface area contributed by atoms with Gasteiger partial charge in [-0.3, -0.25) is 0 Å². The molecule has 0 radical (unpaired) electrons. The quantitative estimate of drug-likeness (QED) is 0.583. The molecule has 7 heteroatoms. The summed E-state index contributed by atoms with van der Waals surface area (Å²) in [5.41, 5.74) is 3.08. The van der Waals surface area contributed by atoms with Crippen molar-refractivity contribution in [3.8, 4) is 5.75 Å². The highest BCUT2D eigenvalue weighted by Gasteiger charge is 2.30. The molecule has 5 rings (SSSR count). The van der Waals surface area contributed by atoms with E-state index in [9.17, 15) is 0 Å². The number of rotatable bonds is 5. The number of benzene rings is 2. The van der Waals surface area contributed by atoms with Crippen LogP contribution in [0.2, 0.25) is 5.02 Å². The summed E-state index contributed by atoms with van der Waals surface area (Å²) in [5, 5.41) is 1.80. The molecule has 1 saturated carbocycles. The third kappa shape index (κ3) is 3.85. The summed E-state index contributed by atoms with van der Waals surface area (Å²) in [4.78, 5) is 16.8. The number of ether oxygens (including phenoxy) is 1. The lowest BCUT2D eigenvalue weighted by atomic mass is 10.1. The lowest BCUT2D eigenvalue weighted by Crippen LogP contribution is -2.47. The van der Waals surface area contributed by atoms with Crippen LogP contribution in [-0.4, -0.2) is 57.4 Å². The first-order valence-electron chi connectivity index (χ1n) is 10.9. The van der Waals surface area contributed by atoms with Gasteiger partial charge in [0.15, 0.2) is 0 Å². The molecule has 6 nitrogen and oxygen atoms in total. The number of nitrogens with zero attached hydrogens (tertiary/aromatic N) is 5. The van der Waals surface area contributed by atoms with Gasteiger partial charge in [-0.1, -0.05) is 23.7 Å². The molecule has 2 aliphatic rings. The summed E-state index contributed by atoms with van der Waals surface area (Å²) < 4.78 is 5.57. The zero-order valence-corrected chi connectivity index (χ0v) is 19.1. The van der Waals surface area contributed by atoms with Gasteiger partial charge in [-0.15, -0.1) is 0 Å². The summed E-state index contributed by atoms with van der Waals surface area (Å²) in [7, 11) is 5.76. The Morgan fingerprint density at radius 3 is 2.39 bits per heavy atom. The Kier molecular flexibility index (Phi) is 5.26. The van der Waals surface area contributed by atoms with Gasteiger partial charge in [0, 0.05) is 51.6 Å². The standard InChI is InChI=1S/C24H28ClN5O/c1-28(2)21-14-17-19(15-18(21)25)26-23(16-8-9-16)27-24(17)30-12-10-29(11-13-30)20-6-4-5-7-22(20)31-3/h4-7,14-16H,8-13H2,1-3H3. The molecule has 2 heterocycles. The van der Waals surface area contributed by atoms with Crippen LogP contribution in [0.3, 0.4) is 0 Å². The molecular weight excluding hydrogens is 410 g/mol. The van der Waals surface area contributed by atoms with E-state index in [0.717, 1.165) is 70.9 Å². The second-order valence-electron chi connectivity index (χ2n) is 8.54. The van der Waals surface area contributed by atoms with E-state index < -0.39 is 0 Å². The number of halogens is 1. The van der Waals surface area contributed by atoms with Crippen molar-refractivity contribution >= 4 is 39.7 Å². The molecule has 2 aromatic carbocycles. The van der Waals surface area contributed by atoms with Crippen LogP contribution in [0.25, 0.3) is 10.9 Å². The fourth-order valence-electron chi connectivity index (χ4n) is 4.30. The Labute approximate surface area is 188 Å². The molecule has 0 N–H and O–H groups in total. The molecule has 0 unspecified atom stereocenters. The SMILES string of the molecule is COc1ccccc1N1CCN(c2nc(C3CC3)nc3cc(Cl)c(N(C)C)cc23)CC1. The number of aromatic nitrogens is 2. The van der Waals surface area contributed by atoms with Crippen molar-refractivity contribution in [1.29, 1.82) is 0 Å². The molecule has 162 valence electrons. The summed E-state index contributed by atoms with van der Waals surface area (Å²) in [6, 6.07) is 12.4. The number of fused-ring (bicyclic) bond motifs is 1. The minimum atomic E-state index is 0.491. The molecule has 1 aromatic heterocycles. The van der Waals surface area contributed by atoms with Gasteiger partial charge in [-0.25, -0.2) is 9.97 Å². The number of methoxy groups -OCH3 is 1. The molecule has 0 spiro atoms. The molecule has 31 heavy (non-hydrogen) atoms. The van der Waals surface area contributed by atoms with Gasteiger partial charge in [-0.2, -0.15) is 0 Å². The highest BCUT2D eigenvalue weighted by atomic mass is 35.5. The maximum absolute atomic E-state index is 6.57. The van der Waals surface area contributed by atoms with Crippen LogP contribution in [0.15, 0.2) is 36.4 Å². The van der Waals surface area contributed by atoms with Crippen molar-refractivity contribution in [2.75, 3.05) is 62.1 Å². The molecule has 0 atom stereocenters. The van der Waals surface area contributed by atoms with Gasteiger partial charge in [0.05, 0.1) is 29.0 Å². The summed E-state index contributed by atoms with van der Waals surface area (Å²) in [6.07, 6.45) is 2.35. The van der Waals surface area contributed by atoms with Crippen LogP contribution in [0.1, 0.15) is 24.6 Å². The minimum Gasteiger partial charge on any atom is -0.495 e. The van der Waals surface area contributed by atoms with Gasteiger partial charge in [0.25, 0.3) is 0 Å². The monoisotopic (exact) mass is 437 g/mol. The fraction of sp³-hybridized carbons (Fsp3) is 0.417. The molecule has 1 saturated heterocycles. The van der Waals surface area contributed by atoms with Crippen LogP contribution in [-0.2, 0) is 0 Å². The van der Waals surface area contributed by atoms with E-state index >= 15 is 0 Å². The maximum atomic E-state index is 6.57. The molecule has 2 fully saturated rings. The van der Waals surface area contributed by atoms with Crippen molar-refractivity contribution in [3.63, 3.8) is 0 Å². The fourth-order valence-corrected chi connectivity index (χ4v) is 4.63. The Hall–Kier alpha value is -2.73. The second-order valence-corrected chi connectivity index (χ2v) is 8.95. The van der Waals surface area contributed by atoms with Crippen LogP contribution >= 0.6 is 11.6 Å². The largest absolute Gasteiger partial charge is 0.495 e. The summed E-state index contributed by atoms with van der Waals surface area (Å²) in [6.45, 7) is 3.62. The number of anilines is 3. The Morgan fingerprint density at radius 1 is 1.00 bits per heavy atom. The van der Waals surface area contributed by atoms with Crippen LogP contribution < -0.4 is 19.4 Å². The van der Waals surface area contributed by atoms with E-state index in [1.807, 2.05) is 37.2 Å². The lowest BCUT2D eigenvalue weighted by Gasteiger charge is -2.37. The molecular formula is C24H28ClN5O. The van der Waals surface area contributed by atoms with E-state index in [1.54, 1.807) is 7.11 Å². The van der Waals surface area contributed by atoms with E-state index in [-0.39, 0.29) is 0 Å². The van der Waals surface area contributed by atoms with Crippen LogP contribution in [0, 0.1) is 0 Å². The Balaban J connectivity index is 1.49. The minimum absolute atomic E-state index is 0.491. The predicted molar refractivity (Wildman–Crippen MR) is 128 cm³/mol. The zero-order chi connectivity index (χ0) is 21.5. The lowest BCUT2D eigenvalue weighted by molar-refractivity contribution is 0.413. The van der Waals surface area contributed by atoms with Gasteiger partial charge in [0.2, 0.25) is 0 Å². The predicted octanol–water partition coefficient (Wildman–Crippen LogP) is 4.56. The van der Waals surface area contributed by atoms with E-state index in [4.69, 9.17) is 26.3 Å². The van der Waals surface area contributed by atoms with Crippen molar-refractivity contribution in [1.82, 2.24) is 9.97 Å². The topological polar surface area (TPSA) is 44.7 Å². The number of piperazine rings is 1. The molecule has 0 bridgehead atoms. The highest BCUT2D eigenvalue weighted by Crippen LogP contribution is 2.41. The molecule has 3 aromatic rings. The average molecular weight is 438 g/mol. The van der Waals surface area contributed by atoms with Crippen molar-refractivity contribution in [2.24, 2.45) is 0 Å². The average Bonchev–Trinajstić information content (AvgIpc) is 3.63. The third-order valence-electron chi connectivity index (χ3n) is 6.19. The first-order valence-corrected chi connectivity index (χ1v) is 11.2. The highest BCUT2D eigenvalue weighted by molar-refractivity contribution is 6.34. The number of hydrogen-bond acceptors (Lipinski definition) is 6. The van der Waals surface area contributed by atoms with Crippen LogP contribution in [0.5, 0.6) is 5.75 Å². The summed E-state index contributed by atoms with van der Waals surface area (Å²) >= 11 is 6.57. The third-order valence-corrected chi connectivity index (χ3v) is 6.49. The van der Waals surface area contributed by atoms with Crippen molar-refractivity contribution in [2.45, 2.75) is 18.8 Å². The molecule has 1 aliphatic carbocycles. The van der Waals surface area contributed by atoms with Gasteiger partial charge < -0.3 is 19.4 Å². The van der Waals surface area contributed by atoms with Gasteiger partial charge in [-0.05, 0) is 37.1 Å². The number of hydrogen-bond donors (Lipinski definition) is 0. The first-order chi connectivity index (χ1) is 15.0. The summed E-state index contributed by atoms with van der Waals surface area (Å²) in [5.74, 6) is 3.41. The van der Waals surface area contributed by atoms with Crippen LogP contribution in [0.4, 0.5) is 17.2 Å². The van der Waals surface area contributed by atoms with E-state index in [1.165, 1.54) is 12.8 Å². The van der Waals surface area contributed by atoms with Crippen molar-refractivity contribution in [3.05, 3.63) is 47.2 Å². The molecule has 0 amide bonds. The number of para-hydroxylation sites is 2. The molecule has 1 aliphatic heterocycles. The normalized spacial score (nSPS) is 16.6. The Morgan fingerprint density at radius 2 is 1.71 bits per heavy atom. The van der Waals surface area contributed by atoms with E-state index in [0.29, 0.717) is 5.92 Å². The van der Waals surface area contributed by atoms with Gasteiger partial charge in [0.1, 0.15) is 17.4 Å².